The first-order valence-electron chi connectivity index (χ1n) is 5.51. The number of hydrogen-bond acceptors (Lipinski definition) is 5. The van der Waals surface area contributed by atoms with Gasteiger partial charge in [-0.15, -0.1) is 0 Å². The molecule has 1 unspecified atom stereocenters. The summed E-state index contributed by atoms with van der Waals surface area (Å²) in [7, 11) is 1.60. The van der Waals surface area contributed by atoms with Gasteiger partial charge in [0.1, 0.15) is 0 Å². The molecular formula is C11H16N2O4S. The fraction of sp³-hybridized carbons (Fsp3) is 0.545. The van der Waals surface area contributed by atoms with Crippen LogP contribution in [0.2, 0.25) is 0 Å². The highest BCUT2D eigenvalue weighted by atomic mass is 32.2. The predicted octanol–water partition coefficient (Wildman–Crippen LogP) is 1.02. The van der Waals surface area contributed by atoms with E-state index in [1.807, 2.05) is 6.92 Å². The molecule has 1 heterocycles. The summed E-state index contributed by atoms with van der Waals surface area (Å²) in [5, 5.41) is 9.08. The Morgan fingerprint density at radius 3 is 2.94 bits per heavy atom. The molecule has 0 aromatic carbocycles. The second-order valence-corrected chi connectivity index (χ2v) is 4.60. The molecule has 0 aliphatic carbocycles. The van der Waals surface area contributed by atoms with Crippen LogP contribution in [0.5, 0.6) is 0 Å². The maximum Gasteiger partial charge on any atom is 0.313 e. The van der Waals surface area contributed by atoms with Crippen molar-refractivity contribution >= 4 is 17.7 Å². The Morgan fingerprint density at radius 2 is 2.39 bits per heavy atom. The van der Waals surface area contributed by atoms with Gasteiger partial charge in [0.25, 0.3) is 5.56 Å². The highest BCUT2D eigenvalue weighted by Crippen LogP contribution is 2.20. The quantitative estimate of drug-likeness (QED) is 0.589. The Labute approximate surface area is 109 Å². The summed E-state index contributed by atoms with van der Waals surface area (Å²) in [5.41, 5.74) is -0.369. The van der Waals surface area contributed by atoms with Gasteiger partial charge in [-0.1, -0.05) is 18.7 Å². The van der Waals surface area contributed by atoms with Gasteiger partial charge in [-0.25, -0.2) is 0 Å². The molecule has 7 heteroatoms. The maximum atomic E-state index is 11.2. The summed E-state index contributed by atoms with van der Waals surface area (Å²) >= 11 is 1.04. The molecule has 0 fully saturated rings. The number of carbonyl (C=O) groups is 1. The van der Waals surface area contributed by atoms with E-state index in [2.05, 4.69) is 4.98 Å². The van der Waals surface area contributed by atoms with E-state index >= 15 is 0 Å². The number of rotatable bonds is 7. The summed E-state index contributed by atoms with van der Waals surface area (Å²) < 4.78 is 6.90. The number of ether oxygens (including phenoxy) is 1. The largest absolute Gasteiger partial charge is 0.481 e. The number of thioether (sulfide) groups is 1. The van der Waals surface area contributed by atoms with E-state index < -0.39 is 5.97 Å². The lowest BCUT2D eigenvalue weighted by Crippen LogP contribution is -2.21. The molecule has 1 rings (SSSR count). The second-order valence-electron chi connectivity index (χ2n) is 3.66. The van der Waals surface area contributed by atoms with Crippen LogP contribution in [0.15, 0.2) is 22.2 Å². The van der Waals surface area contributed by atoms with Gasteiger partial charge in [-0.3, -0.25) is 9.59 Å². The molecule has 0 aliphatic rings. The minimum atomic E-state index is -0.940. The number of carboxylic acids is 1. The first-order chi connectivity index (χ1) is 8.58. The van der Waals surface area contributed by atoms with Crippen molar-refractivity contribution in [1.29, 1.82) is 0 Å². The summed E-state index contributed by atoms with van der Waals surface area (Å²) in [5.74, 6) is -1.07. The van der Waals surface area contributed by atoms with Crippen molar-refractivity contribution in [3.05, 3.63) is 22.6 Å². The third kappa shape index (κ3) is 4.15. The average molecular weight is 272 g/mol. The first-order valence-corrected chi connectivity index (χ1v) is 6.49. The smallest absolute Gasteiger partial charge is 0.313 e. The molecule has 0 aliphatic heterocycles. The van der Waals surface area contributed by atoms with Gasteiger partial charge < -0.3 is 14.4 Å². The van der Waals surface area contributed by atoms with Crippen LogP contribution in [0, 0.1) is 0 Å². The zero-order chi connectivity index (χ0) is 13.5. The van der Waals surface area contributed by atoms with Crippen molar-refractivity contribution in [1.82, 2.24) is 9.55 Å². The zero-order valence-electron chi connectivity index (χ0n) is 10.3. The molecule has 0 saturated carbocycles. The number of aromatic nitrogens is 2. The molecular weight excluding hydrogens is 256 g/mol. The molecule has 1 N–H and O–H groups in total. The molecule has 100 valence electrons. The van der Waals surface area contributed by atoms with Crippen molar-refractivity contribution in [2.75, 3.05) is 19.5 Å². The van der Waals surface area contributed by atoms with Gasteiger partial charge in [0.05, 0.1) is 18.4 Å². The summed E-state index contributed by atoms with van der Waals surface area (Å²) in [6.07, 6.45) is 2.44. The van der Waals surface area contributed by atoms with Crippen LogP contribution in [0.3, 0.4) is 0 Å². The molecule has 0 radical (unpaired) electrons. The molecule has 0 saturated heterocycles. The van der Waals surface area contributed by atoms with E-state index in [1.165, 1.54) is 6.07 Å². The number of nitrogens with zero attached hydrogens (tertiary/aromatic N) is 2. The van der Waals surface area contributed by atoms with Crippen molar-refractivity contribution < 1.29 is 14.6 Å². The molecule has 0 bridgehead atoms. The van der Waals surface area contributed by atoms with Crippen LogP contribution in [-0.2, 0) is 9.53 Å². The summed E-state index contributed by atoms with van der Waals surface area (Å²) in [4.78, 5) is 25.7. The monoisotopic (exact) mass is 272 g/mol. The normalized spacial score (nSPS) is 12.3. The first kappa shape index (κ1) is 14.7. The number of carboxylic acid groups (broad SMARTS) is 1. The van der Waals surface area contributed by atoms with Gasteiger partial charge in [-0.05, 0) is 6.42 Å². The third-order valence-corrected chi connectivity index (χ3v) is 3.30. The Kier molecular flexibility index (Phi) is 5.87. The van der Waals surface area contributed by atoms with Crippen LogP contribution in [0.1, 0.15) is 19.4 Å². The van der Waals surface area contributed by atoms with Gasteiger partial charge >= 0.3 is 5.97 Å². The van der Waals surface area contributed by atoms with Crippen molar-refractivity contribution in [3.63, 3.8) is 0 Å². The molecule has 6 nitrogen and oxygen atoms in total. The van der Waals surface area contributed by atoms with Crippen molar-refractivity contribution in [2.45, 2.75) is 24.5 Å². The van der Waals surface area contributed by atoms with E-state index in [9.17, 15) is 9.59 Å². The topological polar surface area (TPSA) is 81.4 Å². The minimum absolute atomic E-state index is 0.0411. The predicted molar refractivity (Wildman–Crippen MR) is 68.1 cm³/mol. The molecule has 0 amide bonds. The highest BCUT2D eigenvalue weighted by molar-refractivity contribution is 7.99. The SMILES string of the molecule is CCC(COC)n1ccc(=O)nc1SCC(=O)O. The lowest BCUT2D eigenvalue weighted by molar-refractivity contribution is -0.133. The van der Waals surface area contributed by atoms with Gasteiger partial charge in [0.15, 0.2) is 5.16 Å². The number of hydrogen-bond donors (Lipinski definition) is 1. The van der Waals surface area contributed by atoms with Crippen LogP contribution in [0.4, 0.5) is 0 Å². The second kappa shape index (κ2) is 7.17. The fourth-order valence-electron chi connectivity index (χ4n) is 1.50. The van der Waals surface area contributed by atoms with Crippen LogP contribution < -0.4 is 5.56 Å². The molecule has 1 aromatic heterocycles. The summed E-state index contributed by atoms with van der Waals surface area (Å²) in [6, 6.07) is 1.41. The Hall–Kier alpha value is -1.34. The van der Waals surface area contributed by atoms with Gasteiger partial charge in [0.2, 0.25) is 0 Å². The van der Waals surface area contributed by atoms with E-state index in [-0.39, 0.29) is 17.4 Å². The third-order valence-electron chi connectivity index (χ3n) is 2.35. The maximum absolute atomic E-state index is 11.2. The van der Waals surface area contributed by atoms with Crippen molar-refractivity contribution in [3.8, 4) is 0 Å². The average Bonchev–Trinajstić information content (AvgIpc) is 2.34. The molecule has 1 atom stereocenters. The van der Waals surface area contributed by atoms with E-state index in [0.717, 1.165) is 18.2 Å². The van der Waals surface area contributed by atoms with Gasteiger partial charge in [-0.2, -0.15) is 4.98 Å². The minimum Gasteiger partial charge on any atom is -0.481 e. The molecule has 1 aromatic rings. The van der Waals surface area contributed by atoms with E-state index in [0.29, 0.717) is 11.8 Å². The highest BCUT2D eigenvalue weighted by Gasteiger charge is 2.14. The zero-order valence-corrected chi connectivity index (χ0v) is 11.1. The Morgan fingerprint density at radius 1 is 1.67 bits per heavy atom. The fourth-order valence-corrected chi connectivity index (χ4v) is 2.26. The summed E-state index contributed by atoms with van der Waals surface area (Å²) in [6.45, 7) is 2.48. The van der Waals surface area contributed by atoms with Crippen LogP contribution >= 0.6 is 11.8 Å². The Bertz CT molecular complexity index is 461. The van der Waals surface area contributed by atoms with Crippen LogP contribution in [-0.4, -0.2) is 40.1 Å². The van der Waals surface area contributed by atoms with E-state index in [1.54, 1.807) is 17.9 Å². The lowest BCUT2D eigenvalue weighted by Gasteiger charge is -2.20. The van der Waals surface area contributed by atoms with Crippen LogP contribution in [0.25, 0.3) is 0 Å². The van der Waals surface area contributed by atoms with Crippen molar-refractivity contribution in [2.24, 2.45) is 0 Å². The lowest BCUT2D eigenvalue weighted by atomic mass is 10.2. The van der Waals surface area contributed by atoms with Gasteiger partial charge in [0, 0.05) is 19.4 Å². The van der Waals surface area contributed by atoms with E-state index in [4.69, 9.17) is 9.84 Å². The molecule has 0 spiro atoms. The number of methoxy groups -OCH3 is 1. The Balaban J connectivity index is 3.01. The molecule has 18 heavy (non-hydrogen) atoms. The standard InChI is InChI=1S/C11H16N2O4S/c1-3-8(6-17-2)13-5-4-9(14)12-11(13)18-7-10(15)16/h4-5,8H,3,6-7H2,1-2H3,(H,15,16). The number of aliphatic carboxylic acids is 1.